The second kappa shape index (κ2) is 6.08. The number of benzene rings is 1. The van der Waals surface area contributed by atoms with Crippen LogP contribution in [0.5, 0.6) is 0 Å². The van der Waals surface area contributed by atoms with Crippen molar-refractivity contribution in [2.75, 3.05) is 13.7 Å². The van der Waals surface area contributed by atoms with E-state index in [1.54, 1.807) is 0 Å². The topological polar surface area (TPSA) is 35.2 Å². The lowest BCUT2D eigenvalue weighted by atomic mass is 10.1. The van der Waals surface area contributed by atoms with E-state index < -0.39 is 17.8 Å². The van der Waals surface area contributed by atoms with Crippen LogP contribution in [0.2, 0.25) is 0 Å². The van der Waals surface area contributed by atoms with Gasteiger partial charge >= 0.3 is 6.18 Å². The van der Waals surface area contributed by atoms with Crippen molar-refractivity contribution in [1.29, 1.82) is 0 Å². The van der Waals surface area contributed by atoms with Crippen LogP contribution >= 0.6 is 12.4 Å². The molecule has 0 amide bonds. The molecule has 92 valence electrons. The van der Waals surface area contributed by atoms with Crippen molar-refractivity contribution in [1.82, 2.24) is 0 Å². The molecular weight excluding hydrogens is 243 g/mol. The summed E-state index contributed by atoms with van der Waals surface area (Å²) in [5, 5.41) is 0. The zero-order valence-corrected chi connectivity index (χ0v) is 9.44. The van der Waals surface area contributed by atoms with Crippen LogP contribution in [0.1, 0.15) is 17.2 Å². The van der Waals surface area contributed by atoms with Gasteiger partial charge < -0.3 is 10.5 Å². The van der Waals surface area contributed by atoms with Gasteiger partial charge in [-0.1, -0.05) is 12.1 Å². The fraction of sp³-hybridized carbons (Fsp3) is 0.400. The molecule has 0 fully saturated rings. The standard InChI is InChI=1S/C10H12F3NO.ClH/c1-15-6-9(14)7-2-4-8(5-3-7)10(11,12)13;/h2-5,9H,6,14H2,1H3;1H/t9-;/m1./s1. The average molecular weight is 256 g/mol. The summed E-state index contributed by atoms with van der Waals surface area (Å²) in [4.78, 5) is 0. The summed E-state index contributed by atoms with van der Waals surface area (Å²) < 4.78 is 41.4. The molecule has 0 bridgehead atoms. The number of hydrogen-bond acceptors (Lipinski definition) is 2. The number of methoxy groups -OCH3 is 1. The Kier molecular flexibility index (Phi) is 5.78. The third-order valence-electron chi connectivity index (χ3n) is 2.01. The molecule has 1 aromatic rings. The van der Waals surface area contributed by atoms with E-state index in [1.807, 2.05) is 0 Å². The van der Waals surface area contributed by atoms with Gasteiger partial charge in [0, 0.05) is 7.11 Å². The predicted octanol–water partition coefficient (Wildman–Crippen LogP) is 2.77. The fourth-order valence-electron chi connectivity index (χ4n) is 1.20. The second-order valence-corrected chi connectivity index (χ2v) is 3.18. The molecular formula is C10H13ClF3NO. The van der Waals surface area contributed by atoms with Crippen molar-refractivity contribution in [3.05, 3.63) is 35.4 Å². The molecule has 0 aromatic heterocycles. The minimum Gasteiger partial charge on any atom is -0.383 e. The Labute approximate surface area is 98.0 Å². The quantitative estimate of drug-likeness (QED) is 0.901. The van der Waals surface area contributed by atoms with Crippen molar-refractivity contribution in [2.24, 2.45) is 5.73 Å². The Morgan fingerprint density at radius 1 is 1.25 bits per heavy atom. The third kappa shape index (κ3) is 4.00. The Morgan fingerprint density at radius 3 is 2.12 bits per heavy atom. The molecule has 1 aromatic carbocycles. The van der Waals surface area contributed by atoms with E-state index in [2.05, 4.69) is 0 Å². The van der Waals surface area contributed by atoms with Crippen LogP contribution in [0.15, 0.2) is 24.3 Å². The van der Waals surface area contributed by atoms with E-state index in [0.29, 0.717) is 5.56 Å². The molecule has 0 heterocycles. The van der Waals surface area contributed by atoms with E-state index in [1.165, 1.54) is 19.2 Å². The molecule has 0 aliphatic carbocycles. The summed E-state index contributed by atoms with van der Waals surface area (Å²) in [5.74, 6) is 0. The van der Waals surface area contributed by atoms with Crippen LogP contribution in [0.3, 0.4) is 0 Å². The first-order valence-corrected chi connectivity index (χ1v) is 4.37. The van der Waals surface area contributed by atoms with Crippen LogP contribution in [0.4, 0.5) is 13.2 Å². The molecule has 2 N–H and O–H groups in total. The molecule has 1 atom stereocenters. The van der Waals surface area contributed by atoms with E-state index in [-0.39, 0.29) is 19.0 Å². The van der Waals surface area contributed by atoms with Gasteiger partial charge in [-0.25, -0.2) is 0 Å². The summed E-state index contributed by atoms with van der Waals surface area (Å²) in [7, 11) is 1.49. The number of rotatable bonds is 3. The Morgan fingerprint density at radius 2 is 1.75 bits per heavy atom. The summed E-state index contributed by atoms with van der Waals surface area (Å²) in [6.45, 7) is 0.283. The monoisotopic (exact) mass is 255 g/mol. The smallest absolute Gasteiger partial charge is 0.383 e. The fourth-order valence-corrected chi connectivity index (χ4v) is 1.20. The van der Waals surface area contributed by atoms with E-state index in [4.69, 9.17) is 10.5 Å². The minimum absolute atomic E-state index is 0. The number of hydrogen-bond donors (Lipinski definition) is 1. The molecule has 0 unspecified atom stereocenters. The molecule has 0 radical (unpaired) electrons. The first-order chi connectivity index (χ1) is 6.95. The molecule has 0 saturated heterocycles. The first-order valence-electron chi connectivity index (χ1n) is 4.37. The highest BCUT2D eigenvalue weighted by Gasteiger charge is 2.30. The highest BCUT2D eigenvalue weighted by atomic mass is 35.5. The van der Waals surface area contributed by atoms with Crippen LogP contribution in [-0.4, -0.2) is 13.7 Å². The number of halogens is 4. The van der Waals surface area contributed by atoms with Gasteiger partial charge in [0.25, 0.3) is 0 Å². The van der Waals surface area contributed by atoms with Gasteiger partial charge in [0.1, 0.15) is 0 Å². The van der Waals surface area contributed by atoms with Gasteiger partial charge in [-0.15, -0.1) is 12.4 Å². The zero-order chi connectivity index (χ0) is 11.5. The van der Waals surface area contributed by atoms with Gasteiger partial charge in [0.15, 0.2) is 0 Å². The normalized spacial score (nSPS) is 13.1. The summed E-state index contributed by atoms with van der Waals surface area (Å²) >= 11 is 0. The molecule has 6 heteroatoms. The van der Waals surface area contributed by atoms with Crippen molar-refractivity contribution in [2.45, 2.75) is 12.2 Å². The van der Waals surface area contributed by atoms with Gasteiger partial charge in [-0.3, -0.25) is 0 Å². The maximum Gasteiger partial charge on any atom is 0.416 e. The zero-order valence-electron chi connectivity index (χ0n) is 8.62. The number of alkyl halides is 3. The largest absolute Gasteiger partial charge is 0.416 e. The van der Waals surface area contributed by atoms with Gasteiger partial charge in [-0.05, 0) is 17.7 Å². The molecule has 0 saturated carbocycles. The lowest BCUT2D eigenvalue weighted by molar-refractivity contribution is -0.137. The predicted molar refractivity (Wildman–Crippen MR) is 57.5 cm³/mol. The Balaban J connectivity index is 0.00000225. The van der Waals surface area contributed by atoms with E-state index in [9.17, 15) is 13.2 Å². The maximum absolute atomic E-state index is 12.2. The van der Waals surface area contributed by atoms with E-state index in [0.717, 1.165) is 12.1 Å². The summed E-state index contributed by atoms with van der Waals surface area (Å²) in [6.07, 6.45) is -4.30. The SMILES string of the molecule is COC[C@@H](N)c1ccc(C(F)(F)F)cc1.Cl. The number of ether oxygens (including phenoxy) is 1. The summed E-state index contributed by atoms with van der Waals surface area (Å²) in [5.41, 5.74) is 5.62. The van der Waals surface area contributed by atoms with Crippen LogP contribution in [0.25, 0.3) is 0 Å². The van der Waals surface area contributed by atoms with Crippen LogP contribution in [0, 0.1) is 0 Å². The van der Waals surface area contributed by atoms with Crippen molar-refractivity contribution in [3.63, 3.8) is 0 Å². The van der Waals surface area contributed by atoms with Crippen LogP contribution < -0.4 is 5.73 Å². The minimum atomic E-state index is -4.30. The molecule has 0 spiro atoms. The Bertz CT molecular complexity index is 313. The van der Waals surface area contributed by atoms with Crippen molar-refractivity contribution in [3.8, 4) is 0 Å². The molecule has 0 aliphatic rings. The highest BCUT2D eigenvalue weighted by Crippen LogP contribution is 2.29. The third-order valence-corrected chi connectivity index (χ3v) is 2.01. The second-order valence-electron chi connectivity index (χ2n) is 3.18. The molecule has 1 rings (SSSR count). The van der Waals surface area contributed by atoms with Crippen LogP contribution in [-0.2, 0) is 10.9 Å². The number of nitrogens with two attached hydrogens (primary N) is 1. The Hall–Kier alpha value is -0.780. The molecule has 2 nitrogen and oxygen atoms in total. The van der Waals surface area contributed by atoms with Crippen molar-refractivity contribution < 1.29 is 17.9 Å². The first kappa shape index (κ1) is 15.2. The average Bonchev–Trinajstić information content (AvgIpc) is 2.17. The lowest BCUT2D eigenvalue weighted by Gasteiger charge is -2.12. The van der Waals surface area contributed by atoms with E-state index >= 15 is 0 Å². The molecule has 0 aliphatic heterocycles. The highest BCUT2D eigenvalue weighted by molar-refractivity contribution is 5.85. The maximum atomic E-state index is 12.2. The van der Waals surface area contributed by atoms with Crippen molar-refractivity contribution >= 4 is 12.4 Å². The van der Waals surface area contributed by atoms with Gasteiger partial charge in [-0.2, -0.15) is 13.2 Å². The lowest BCUT2D eigenvalue weighted by Crippen LogP contribution is -2.16. The summed E-state index contributed by atoms with van der Waals surface area (Å²) in [6, 6.07) is 4.38. The molecule has 16 heavy (non-hydrogen) atoms. The van der Waals surface area contributed by atoms with Gasteiger partial charge in [0.2, 0.25) is 0 Å². The van der Waals surface area contributed by atoms with Gasteiger partial charge in [0.05, 0.1) is 18.2 Å².